The Morgan fingerprint density at radius 3 is 2.46 bits per heavy atom. The molecule has 0 aliphatic heterocycles. The van der Waals surface area contributed by atoms with Gasteiger partial charge >= 0.3 is 0 Å². The van der Waals surface area contributed by atoms with Crippen LogP contribution in [0.15, 0.2) is 83.2 Å². The van der Waals surface area contributed by atoms with Gasteiger partial charge in [0.1, 0.15) is 10.8 Å². The maximum absolute atomic E-state index is 12.7. The Hall–Kier alpha value is -3.03. The van der Waals surface area contributed by atoms with Crippen molar-refractivity contribution in [3.05, 3.63) is 88.9 Å². The fraction of sp³-hybridized carbons (Fsp3) is 0.0476. The van der Waals surface area contributed by atoms with Gasteiger partial charge in [-0.3, -0.25) is 4.79 Å². The van der Waals surface area contributed by atoms with Gasteiger partial charge in [0, 0.05) is 22.8 Å². The molecule has 1 amide bonds. The number of rotatable bonds is 5. The van der Waals surface area contributed by atoms with Gasteiger partial charge in [-0.25, -0.2) is 13.4 Å². The van der Waals surface area contributed by atoms with E-state index in [-0.39, 0.29) is 16.6 Å². The molecule has 3 aromatic carbocycles. The number of fused-ring (bicyclic) bond motifs is 1. The van der Waals surface area contributed by atoms with E-state index < -0.39 is 9.84 Å². The summed E-state index contributed by atoms with van der Waals surface area (Å²) in [5.74, 6) is -0.373. The molecule has 0 bridgehead atoms. The number of amides is 1. The van der Waals surface area contributed by atoms with Gasteiger partial charge in [-0.2, -0.15) is 0 Å². The second-order valence-electron chi connectivity index (χ2n) is 6.19. The summed E-state index contributed by atoms with van der Waals surface area (Å²) in [4.78, 5) is 16.9. The van der Waals surface area contributed by atoms with E-state index >= 15 is 0 Å². The zero-order valence-electron chi connectivity index (χ0n) is 14.7. The van der Waals surface area contributed by atoms with Gasteiger partial charge in [0.25, 0.3) is 5.91 Å². The number of carbonyl (C=O) groups excluding carboxylic acids is 1. The smallest absolute Gasteiger partial charge is 0.256 e. The average molecular weight is 409 g/mol. The molecule has 140 valence electrons. The van der Waals surface area contributed by atoms with E-state index in [1.165, 1.54) is 23.5 Å². The van der Waals surface area contributed by atoms with Gasteiger partial charge in [-0.15, -0.1) is 11.3 Å². The van der Waals surface area contributed by atoms with Crippen LogP contribution in [0.5, 0.6) is 0 Å². The third kappa shape index (κ3) is 3.81. The maximum atomic E-state index is 12.7. The number of nitrogens with zero attached hydrogens (tertiary/aromatic N) is 1. The van der Waals surface area contributed by atoms with Crippen LogP contribution in [0.3, 0.4) is 0 Å². The van der Waals surface area contributed by atoms with E-state index in [9.17, 15) is 13.2 Å². The normalized spacial score (nSPS) is 11.4. The van der Waals surface area contributed by atoms with Crippen LogP contribution in [0.1, 0.15) is 15.4 Å². The van der Waals surface area contributed by atoms with Crippen LogP contribution >= 0.6 is 11.3 Å². The van der Waals surface area contributed by atoms with Crippen LogP contribution in [0.4, 0.5) is 5.69 Å². The van der Waals surface area contributed by atoms with Crippen LogP contribution in [0.25, 0.3) is 10.8 Å². The number of thiazole rings is 1. The molecule has 0 radical (unpaired) electrons. The molecule has 1 heterocycles. The third-order valence-corrected chi connectivity index (χ3v) is 6.91. The first-order valence-electron chi connectivity index (χ1n) is 8.53. The number of anilines is 1. The molecule has 0 aliphatic carbocycles. The molecule has 0 saturated heterocycles. The molecule has 0 fully saturated rings. The molecule has 1 N–H and O–H groups in total. The van der Waals surface area contributed by atoms with E-state index in [1.807, 2.05) is 36.4 Å². The van der Waals surface area contributed by atoms with Crippen molar-refractivity contribution in [3.8, 4) is 0 Å². The predicted molar refractivity (Wildman–Crippen MR) is 111 cm³/mol. The Morgan fingerprint density at radius 2 is 1.71 bits per heavy atom. The molecule has 4 aromatic rings. The number of benzene rings is 3. The van der Waals surface area contributed by atoms with Gasteiger partial charge in [0.05, 0.1) is 4.90 Å². The molecule has 28 heavy (non-hydrogen) atoms. The zero-order valence-corrected chi connectivity index (χ0v) is 16.3. The summed E-state index contributed by atoms with van der Waals surface area (Å²) < 4.78 is 25.0. The van der Waals surface area contributed by atoms with Gasteiger partial charge < -0.3 is 5.32 Å². The Labute approximate surface area is 166 Å². The third-order valence-electron chi connectivity index (χ3n) is 4.30. The molecule has 0 atom stereocenters. The number of nitrogens with one attached hydrogen (secondary N) is 1. The monoisotopic (exact) mass is 408 g/mol. The van der Waals surface area contributed by atoms with Crippen LogP contribution in [0, 0.1) is 0 Å². The summed E-state index contributed by atoms with van der Waals surface area (Å²) in [5, 5.41) is 6.98. The number of carbonyl (C=O) groups is 1. The number of hydrogen-bond acceptors (Lipinski definition) is 5. The maximum Gasteiger partial charge on any atom is 0.256 e. The minimum atomic E-state index is -3.47. The minimum absolute atomic E-state index is 0.133. The topological polar surface area (TPSA) is 76.1 Å². The Morgan fingerprint density at radius 1 is 0.964 bits per heavy atom. The SMILES string of the molecule is O=C(Nc1ccc(S(=O)(=O)Cc2nccs2)cc1)c1cccc2ccccc12. The van der Waals surface area contributed by atoms with Crippen molar-refractivity contribution in [2.24, 2.45) is 0 Å². The summed E-state index contributed by atoms with van der Waals surface area (Å²) in [6, 6.07) is 19.4. The Bertz CT molecular complexity index is 1230. The van der Waals surface area contributed by atoms with Crippen molar-refractivity contribution in [1.82, 2.24) is 4.98 Å². The molecule has 1 aromatic heterocycles. The highest BCUT2D eigenvalue weighted by molar-refractivity contribution is 7.90. The van der Waals surface area contributed by atoms with Crippen molar-refractivity contribution in [3.63, 3.8) is 0 Å². The molecule has 0 unspecified atom stereocenters. The van der Waals surface area contributed by atoms with Crippen molar-refractivity contribution in [1.29, 1.82) is 0 Å². The van der Waals surface area contributed by atoms with Crippen LogP contribution in [-0.2, 0) is 15.6 Å². The molecule has 4 rings (SSSR count). The lowest BCUT2D eigenvalue weighted by atomic mass is 10.0. The number of aromatic nitrogens is 1. The van der Waals surface area contributed by atoms with Gasteiger partial charge in [-0.05, 0) is 41.1 Å². The average Bonchev–Trinajstić information content (AvgIpc) is 3.20. The lowest BCUT2D eigenvalue weighted by Gasteiger charge is -2.09. The molecule has 0 spiro atoms. The first kappa shape index (κ1) is 18.3. The summed E-state index contributed by atoms with van der Waals surface area (Å²) >= 11 is 1.31. The summed E-state index contributed by atoms with van der Waals surface area (Å²) in [7, 11) is -3.47. The van der Waals surface area contributed by atoms with Crippen molar-refractivity contribution in [2.45, 2.75) is 10.6 Å². The van der Waals surface area contributed by atoms with Crippen molar-refractivity contribution < 1.29 is 13.2 Å². The van der Waals surface area contributed by atoms with E-state index in [1.54, 1.807) is 29.8 Å². The van der Waals surface area contributed by atoms with Gasteiger partial charge in [0.2, 0.25) is 0 Å². The Balaban J connectivity index is 1.54. The molecule has 0 saturated carbocycles. The zero-order chi connectivity index (χ0) is 19.6. The first-order valence-corrected chi connectivity index (χ1v) is 11.1. The van der Waals surface area contributed by atoms with Crippen LogP contribution in [0.2, 0.25) is 0 Å². The van der Waals surface area contributed by atoms with E-state index in [0.29, 0.717) is 16.3 Å². The van der Waals surface area contributed by atoms with E-state index in [4.69, 9.17) is 0 Å². The van der Waals surface area contributed by atoms with E-state index in [0.717, 1.165) is 10.8 Å². The number of sulfone groups is 1. The highest BCUT2D eigenvalue weighted by Gasteiger charge is 2.17. The summed E-state index contributed by atoms with van der Waals surface area (Å²) in [5.41, 5.74) is 1.10. The minimum Gasteiger partial charge on any atom is -0.322 e. The largest absolute Gasteiger partial charge is 0.322 e. The molecule has 5 nitrogen and oxygen atoms in total. The van der Waals surface area contributed by atoms with E-state index in [2.05, 4.69) is 10.3 Å². The molecular weight excluding hydrogens is 392 g/mol. The molecule has 7 heteroatoms. The fourth-order valence-corrected chi connectivity index (χ4v) is 5.19. The fourth-order valence-electron chi connectivity index (χ4n) is 2.94. The lowest BCUT2D eigenvalue weighted by Crippen LogP contribution is -2.12. The highest BCUT2D eigenvalue weighted by Crippen LogP contribution is 2.22. The van der Waals surface area contributed by atoms with Gasteiger partial charge in [-0.1, -0.05) is 36.4 Å². The highest BCUT2D eigenvalue weighted by atomic mass is 32.2. The number of hydrogen-bond donors (Lipinski definition) is 1. The van der Waals surface area contributed by atoms with Crippen molar-refractivity contribution >= 4 is 43.5 Å². The van der Waals surface area contributed by atoms with Crippen LogP contribution in [-0.4, -0.2) is 19.3 Å². The first-order chi connectivity index (χ1) is 13.5. The molecule has 0 aliphatic rings. The Kier molecular flexibility index (Phi) is 4.93. The van der Waals surface area contributed by atoms with Crippen LogP contribution < -0.4 is 5.32 Å². The van der Waals surface area contributed by atoms with Gasteiger partial charge in [0.15, 0.2) is 9.84 Å². The van der Waals surface area contributed by atoms with Crippen molar-refractivity contribution in [2.75, 3.05) is 5.32 Å². The standard InChI is InChI=1S/C21H16N2O3S2/c24-21(19-7-3-5-15-4-1-2-6-18(15)19)23-16-8-10-17(11-9-16)28(25,26)14-20-22-12-13-27-20/h1-13H,14H2,(H,23,24). The lowest BCUT2D eigenvalue weighted by molar-refractivity contribution is 0.102. The molecular formula is C21H16N2O3S2. The second kappa shape index (κ2) is 7.53. The summed E-state index contributed by atoms with van der Waals surface area (Å²) in [6.07, 6.45) is 1.58. The second-order valence-corrected chi connectivity index (χ2v) is 9.16. The summed E-state index contributed by atoms with van der Waals surface area (Å²) in [6.45, 7) is 0. The predicted octanol–water partition coefficient (Wildman–Crippen LogP) is 4.52. The quantitative estimate of drug-likeness (QED) is 0.527.